The van der Waals surface area contributed by atoms with E-state index >= 15 is 0 Å². The number of carboxylic acid groups (broad SMARTS) is 1. The zero-order valence-corrected chi connectivity index (χ0v) is 20.5. The van der Waals surface area contributed by atoms with Crippen molar-refractivity contribution < 1.29 is 24.2 Å². The number of hydrogen-bond acceptors (Lipinski definition) is 6. The van der Waals surface area contributed by atoms with Crippen LogP contribution in [0, 0.1) is 12.8 Å². The highest BCUT2D eigenvalue weighted by atomic mass is 16.5. The predicted octanol–water partition coefficient (Wildman–Crippen LogP) is 4.04. The van der Waals surface area contributed by atoms with Crippen molar-refractivity contribution in [1.82, 2.24) is 25.6 Å². The van der Waals surface area contributed by atoms with Gasteiger partial charge in [-0.05, 0) is 69.6 Å². The Hall–Kier alpha value is -3.82. The fourth-order valence-electron chi connectivity index (χ4n) is 4.86. The van der Waals surface area contributed by atoms with Crippen LogP contribution in [0.25, 0.3) is 22.3 Å². The number of methoxy groups -OCH3 is 1. The summed E-state index contributed by atoms with van der Waals surface area (Å²) in [6.45, 7) is 2.51. The van der Waals surface area contributed by atoms with Crippen molar-refractivity contribution in [2.24, 2.45) is 5.92 Å². The number of nitrogens with one attached hydrogen (secondary N) is 3. The lowest BCUT2D eigenvalue weighted by Gasteiger charge is -2.28. The van der Waals surface area contributed by atoms with E-state index in [1.54, 1.807) is 7.11 Å². The van der Waals surface area contributed by atoms with Gasteiger partial charge in [0.15, 0.2) is 0 Å². The molecule has 0 spiro atoms. The number of ether oxygens (including phenoxy) is 2. The minimum absolute atomic E-state index is 0.0178. The highest BCUT2D eigenvalue weighted by molar-refractivity contribution is 6.09. The van der Waals surface area contributed by atoms with Crippen molar-refractivity contribution in [2.75, 3.05) is 13.7 Å². The van der Waals surface area contributed by atoms with E-state index in [0.717, 1.165) is 5.56 Å². The molecule has 2 aliphatic rings. The molecular formula is C26H31N5O5. The van der Waals surface area contributed by atoms with Crippen LogP contribution in [-0.4, -0.2) is 57.9 Å². The summed E-state index contributed by atoms with van der Waals surface area (Å²) in [6.07, 6.45) is 5.64. The first-order chi connectivity index (χ1) is 17.4. The predicted molar refractivity (Wildman–Crippen MR) is 134 cm³/mol. The summed E-state index contributed by atoms with van der Waals surface area (Å²) >= 11 is 0. The first kappa shape index (κ1) is 23.9. The van der Waals surface area contributed by atoms with Crippen molar-refractivity contribution >= 4 is 23.0 Å². The van der Waals surface area contributed by atoms with E-state index in [-0.39, 0.29) is 18.0 Å². The molecule has 0 atom stereocenters. The summed E-state index contributed by atoms with van der Waals surface area (Å²) in [5, 5.41) is 14.6. The molecule has 10 heteroatoms. The van der Waals surface area contributed by atoms with Crippen LogP contribution in [0.1, 0.15) is 54.6 Å². The van der Waals surface area contributed by atoms with Crippen LogP contribution in [-0.2, 0) is 0 Å². The maximum absolute atomic E-state index is 13.3. The number of hydrogen-bond donors (Lipinski definition) is 4. The van der Waals surface area contributed by atoms with Crippen molar-refractivity contribution in [3.63, 3.8) is 0 Å². The third-order valence-corrected chi connectivity index (χ3v) is 7.00. The third-order valence-electron chi connectivity index (χ3n) is 7.00. The molecule has 0 unspecified atom stereocenters. The molecule has 4 N–H and O–H groups in total. The molecule has 2 fully saturated rings. The summed E-state index contributed by atoms with van der Waals surface area (Å²) in [7, 11) is 1.62. The normalized spacial score (nSPS) is 19.6. The van der Waals surface area contributed by atoms with Crippen LogP contribution in [0.2, 0.25) is 0 Å². The van der Waals surface area contributed by atoms with Gasteiger partial charge >= 0.3 is 6.09 Å². The Morgan fingerprint density at radius 1 is 1.08 bits per heavy atom. The van der Waals surface area contributed by atoms with Crippen molar-refractivity contribution in [2.45, 2.75) is 57.5 Å². The Kier molecular flexibility index (Phi) is 6.67. The van der Waals surface area contributed by atoms with E-state index in [1.807, 2.05) is 25.1 Å². The molecule has 5 rings (SSSR count). The average molecular weight is 494 g/mol. The Morgan fingerprint density at radius 2 is 1.81 bits per heavy atom. The molecule has 36 heavy (non-hydrogen) atoms. The molecule has 2 heterocycles. The number of H-pyrrole nitrogens is 1. The topological polar surface area (TPSA) is 138 Å². The molecule has 2 saturated carbocycles. The fourth-order valence-corrected chi connectivity index (χ4v) is 4.86. The van der Waals surface area contributed by atoms with Gasteiger partial charge in [0, 0.05) is 23.3 Å². The summed E-state index contributed by atoms with van der Waals surface area (Å²) in [4.78, 5) is 36.5. The first-order valence-electron chi connectivity index (χ1n) is 12.4. The molecule has 0 radical (unpaired) electrons. The maximum Gasteiger partial charge on any atom is 0.404 e. The Morgan fingerprint density at radius 3 is 2.47 bits per heavy atom. The Labute approximate surface area is 208 Å². The summed E-state index contributed by atoms with van der Waals surface area (Å²) < 4.78 is 11.6. The molecule has 2 aromatic heterocycles. The van der Waals surface area contributed by atoms with Crippen molar-refractivity contribution in [1.29, 1.82) is 0 Å². The van der Waals surface area contributed by atoms with Gasteiger partial charge in [-0.3, -0.25) is 4.79 Å². The second-order valence-electron chi connectivity index (χ2n) is 9.66. The lowest BCUT2D eigenvalue weighted by atomic mass is 9.91. The van der Waals surface area contributed by atoms with E-state index in [9.17, 15) is 9.59 Å². The first-order valence-corrected chi connectivity index (χ1v) is 12.4. The largest absolute Gasteiger partial charge is 0.497 e. The molecule has 0 aliphatic heterocycles. The number of rotatable bonds is 8. The van der Waals surface area contributed by atoms with Gasteiger partial charge in [0.05, 0.1) is 24.8 Å². The van der Waals surface area contributed by atoms with Gasteiger partial charge in [0.2, 0.25) is 0 Å². The van der Waals surface area contributed by atoms with E-state index < -0.39 is 6.09 Å². The van der Waals surface area contributed by atoms with Gasteiger partial charge in [-0.25, -0.2) is 14.8 Å². The van der Waals surface area contributed by atoms with Crippen molar-refractivity contribution in [3.05, 3.63) is 35.8 Å². The van der Waals surface area contributed by atoms with Gasteiger partial charge in [-0.15, -0.1) is 0 Å². The number of fused-ring (bicyclic) bond motifs is 1. The van der Waals surface area contributed by atoms with Gasteiger partial charge in [-0.2, -0.15) is 0 Å². The van der Waals surface area contributed by atoms with Crippen LogP contribution in [0.5, 0.6) is 11.5 Å². The van der Waals surface area contributed by atoms with Crippen LogP contribution < -0.4 is 20.1 Å². The SMILES string of the molecule is COc1ccc(OCC2CC2)c(-c2ncnc3c(C(=O)N[C@H]4CC[C@@H](NC(=O)O)CC4)c(C)[nH]c23)c1. The highest BCUT2D eigenvalue weighted by Crippen LogP contribution is 2.38. The lowest BCUT2D eigenvalue weighted by Crippen LogP contribution is -2.43. The average Bonchev–Trinajstić information content (AvgIpc) is 3.63. The van der Waals surface area contributed by atoms with E-state index in [2.05, 4.69) is 25.6 Å². The smallest absolute Gasteiger partial charge is 0.404 e. The molecule has 190 valence electrons. The number of carbonyl (C=O) groups is 2. The van der Waals surface area contributed by atoms with Crippen LogP contribution in [0.15, 0.2) is 24.5 Å². The zero-order valence-electron chi connectivity index (χ0n) is 20.5. The summed E-state index contributed by atoms with van der Waals surface area (Å²) in [5.74, 6) is 1.80. The summed E-state index contributed by atoms with van der Waals surface area (Å²) in [5.41, 5.74) is 3.83. The molecule has 10 nitrogen and oxygen atoms in total. The number of nitrogens with zero attached hydrogens (tertiary/aromatic N) is 2. The minimum Gasteiger partial charge on any atom is -0.497 e. The molecule has 0 saturated heterocycles. The second-order valence-corrected chi connectivity index (χ2v) is 9.66. The van der Waals surface area contributed by atoms with Gasteiger partial charge in [0.25, 0.3) is 5.91 Å². The number of benzene rings is 1. The lowest BCUT2D eigenvalue weighted by molar-refractivity contribution is 0.0924. The second kappa shape index (κ2) is 10.0. The molecule has 2 aliphatic carbocycles. The van der Waals surface area contributed by atoms with E-state index in [1.165, 1.54) is 19.2 Å². The molecule has 3 aromatic rings. The van der Waals surface area contributed by atoms with Gasteiger partial charge in [-0.1, -0.05) is 0 Å². The van der Waals surface area contributed by atoms with E-state index in [0.29, 0.717) is 77.7 Å². The zero-order chi connectivity index (χ0) is 25.2. The number of aryl methyl sites for hydroxylation is 1. The molecule has 0 bridgehead atoms. The number of carbonyl (C=O) groups excluding carboxylic acids is 1. The van der Waals surface area contributed by atoms with Gasteiger partial charge < -0.3 is 30.2 Å². The van der Waals surface area contributed by atoms with Gasteiger partial charge in [0.1, 0.15) is 29.0 Å². The monoisotopic (exact) mass is 493 g/mol. The van der Waals surface area contributed by atoms with Crippen molar-refractivity contribution in [3.8, 4) is 22.8 Å². The van der Waals surface area contributed by atoms with E-state index in [4.69, 9.17) is 14.6 Å². The standard InChI is InChI=1S/C26H31N5O5/c1-14-21(25(32)30-16-5-7-17(8-6-16)31-26(33)34)23-24(29-14)22(27-13-28-23)19-11-18(35-2)9-10-20(19)36-12-15-3-4-15/h9-11,13,15-17,29,31H,3-8,12H2,1-2H3,(H,30,32)(H,33,34)/t16-,17+. The summed E-state index contributed by atoms with van der Waals surface area (Å²) in [6, 6.07) is 5.56. The van der Waals surface area contributed by atoms with Crippen LogP contribution in [0.4, 0.5) is 4.79 Å². The third kappa shape index (κ3) is 5.07. The number of aromatic nitrogens is 3. The Balaban J connectivity index is 1.41. The highest BCUT2D eigenvalue weighted by Gasteiger charge is 2.27. The molecular weight excluding hydrogens is 462 g/mol. The van der Waals surface area contributed by atoms with Crippen LogP contribution in [0.3, 0.4) is 0 Å². The number of aromatic amines is 1. The molecule has 2 amide bonds. The Bertz CT molecular complexity index is 1280. The molecule has 1 aromatic carbocycles. The quantitative estimate of drug-likeness (QED) is 0.371. The number of amides is 2. The van der Waals surface area contributed by atoms with Crippen LogP contribution >= 0.6 is 0 Å². The minimum atomic E-state index is -1.01. The fraction of sp³-hybridized carbons (Fsp3) is 0.462. The maximum atomic E-state index is 13.3.